The van der Waals surface area contributed by atoms with Crippen molar-refractivity contribution in [1.82, 2.24) is 10.2 Å². The number of amides is 3. The smallest absolute Gasteiger partial charge is 0.285 e. The number of carbonyl (C=O) groups is 3. The molecule has 8 heteroatoms. The lowest BCUT2D eigenvalue weighted by atomic mass is 9.99. The second-order valence-corrected chi connectivity index (χ2v) is 10.3. The zero-order valence-corrected chi connectivity index (χ0v) is 23.9. The van der Waals surface area contributed by atoms with Crippen molar-refractivity contribution in [3.05, 3.63) is 149 Å². The fourth-order valence-electron chi connectivity index (χ4n) is 4.16. The van der Waals surface area contributed by atoms with Gasteiger partial charge in [0.25, 0.3) is 11.8 Å². The molecule has 41 heavy (non-hydrogen) atoms. The van der Waals surface area contributed by atoms with Gasteiger partial charge >= 0.3 is 0 Å². The fourth-order valence-corrected chi connectivity index (χ4v) is 5.16. The molecule has 1 N–H and O–H groups in total. The van der Waals surface area contributed by atoms with Crippen molar-refractivity contribution in [2.45, 2.75) is 13.0 Å². The van der Waals surface area contributed by atoms with Crippen LogP contribution < -0.4 is 5.32 Å². The molecule has 6 nitrogen and oxygen atoms in total. The number of thioether (sulfide) groups is 1. The molecular weight excluding hydrogens is 554 g/mol. The van der Waals surface area contributed by atoms with Crippen LogP contribution >= 0.6 is 23.4 Å². The average Bonchev–Trinajstić information content (AvgIpc) is 2.99. The SMILES string of the molecule is C=C/C=C\C(=C/C)N1C(=O)/C(=C/c2cccc(Cl)c2)C(=O)N=C1SCC(=O)NC(c1ccccc1)c1ccccc1. The summed E-state index contributed by atoms with van der Waals surface area (Å²) in [5.74, 6) is -1.59. The van der Waals surface area contributed by atoms with Crippen LogP contribution in [0.25, 0.3) is 6.08 Å². The lowest BCUT2D eigenvalue weighted by Crippen LogP contribution is -2.42. The minimum absolute atomic E-state index is 0.0679. The van der Waals surface area contributed by atoms with E-state index in [9.17, 15) is 14.4 Å². The zero-order chi connectivity index (χ0) is 29.2. The van der Waals surface area contributed by atoms with E-state index in [2.05, 4.69) is 16.9 Å². The first-order chi connectivity index (χ1) is 19.9. The van der Waals surface area contributed by atoms with E-state index < -0.39 is 11.8 Å². The van der Waals surface area contributed by atoms with Crippen molar-refractivity contribution in [1.29, 1.82) is 0 Å². The Balaban J connectivity index is 1.61. The van der Waals surface area contributed by atoms with Gasteiger partial charge < -0.3 is 5.32 Å². The standard InChI is InChI=1S/C33H28ClN3O3S/c1-3-5-19-27(4-2)37-32(40)28(21-23-13-12-18-26(34)20-23)31(39)36-33(37)41-22-29(38)35-30(24-14-8-6-9-15-24)25-16-10-7-11-17-25/h3-21,30H,1,22H2,2H3,(H,35,38)/b19-5-,27-4+,28-21+. The van der Waals surface area contributed by atoms with E-state index in [1.54, 1.807) is 55.5 Å². The molecule has 0 saturated carbocycles. The van der Waals surface area contributed by atoms with Crippen LogP contribution in [0.5, 0.6) is 0 Å². The number of halogens is 1. The molecule has 0 unspecified atom stereocenters. The maximum Gasteiger partial charge on any atom is 0.285 e. The predicted molar refractivity (Wildman–Crippen MR) is 167 cm³/mol. The van der Waals surface area contributed by atoms with E-state index in [1.165, 1.54) is 11.0 Å². The van der Waals surface area contributed by atoms with Crippen LogP contribution in [0, 0.1) is 0 Å². The number of benzene rings is 3. The summed E-state index contributed by atoms with van der Waals surface area (Å²) in [6.45, 7) is 5.46. The second-order valence-electron chi connectivity index (χ2n) is 8.87. The van der Waals surface area contributed by atoms with Crippen molar-refractivity contribution in [2.75, 3.05) is 5.75 Å². The third-order valence-corrected chi connectivity index (χ3v) is 7.25. The Morgan fingerprint density at radius 2 is 1.68 bits per heavy atom. The van der Waals surface area contributed by atoms with Crippen LogP contribution in [-0.2, 0) is 14.4 Å². The van der Waals surface area contributed by atoms with E-state index in [1.807, 2.05) is 60.7 Å². The van der Waals surface area contributed by atoms with Gasteiger partial charge in [0.1, 0.15) is 5.57 Å². The van der Waals surface area contributed by atoms with Crippen LogP contribution in [0.3, 0.4) is 0 Å². The minimum atomic E-state index is -0.691. The fraction of sp³-hybridized carbons (Fsp3) is 0.0909. The molecule has 0 bridgehead atoms. The number of aliphatic imine (C=N–C) groups is 1. The van der Waals surface area contributed by atoms with Gasteiger partial charge in [-0.3, -0.25) is 19.3 Å². The highest BCUT2D eigenvalue weighted by Gasteiger charge is 2.35. The van der Waals surface area contributed by atoms with Gasteiger partial charge in [-0.05, 0) is 47.9 Å². The maximum absolute atomic E-state index is 13.7. The van der Waals surface area contributed by atoms with E-state index in [0.717, 1.165) is 22.9 Å². The zero-order valence-electron chi connectivity index (χ0n) is 22.4. The summed E-state index contributed by atoms with van der Waals surface area (Å²) in [7, 11) is 0. The monoisotopic (exact) mass is 581 g/mol. The predicted octanol–water partition coefficient (Wildman–Crippen LogP) is 6.73. The van der Waals surface area contributed by atoms with Crippen molar-refractivity contribution >= 4 is 52.3 Å². The number of rotatable bonds is 9. The first-order valence-corrected chi connectivity index (χ1v) is 14.2. The number of nitrogens with one attached hydrogen (secondary N) is 1. The summed E-state index contributed by atoms with van der Waals surface area (Å²) in [4.78, 5) is 45.5. The van der Waals surface area contributed by atoms with Crippen molar-refractivity contribution in [2.24, 2.45) is 4.99 Å². The van der Waals surface area contributed by atoms with Gasteiger partial charge in [0.05, 0.1) is 11.8 Å². The number of carbonyl (C=O) groups excluding carboxylic acids is 3. The molecule has 1 aliphatic heterocycles. The summed E-state index contributed by atoms with van der Waals surface area (Å²) >= 11 is 7.11. The second kappa shape index (κ2) is 14.3. The quantitative estimate of drug-likeness (QED) is 0.173. The van der Waals surface area contributed by atoms with Gasteiger partial charge in [-0.2, -0.15) is 4.99 Å². The van der Waals surface area contributed by atoms with E-state index in [0.29, 0.717) is 16.3 Å². The molecule has 0 atom stereocenters. The number of nitrogens with zero attached hydrogens (tertiary/aromatic N) is 2. The molecule has 0 saturated heterocycles. The van der Waals surface area contributed by atoms with Gasteiger partial charge in [-0.15, -0.1) is 0 Å². The summed E-state index contributed by atoms with van der Waals surface area (Å²) < 4.78 is 0. The third kappa shape index (κ3) is 7.60. The van der Waals surface area contributed by atoms with Gasteiger partial charge in [0, 0.05) is 10.7 Å². The Hall–Kier alpha value is -4.46. The molecule has 1 aliphatic rings. The summed E-state index contributed by atoms with van der Waals surface area (Å²) in [6, 6.07) is 25.8. The van der Waals surface area contributed by atoms with Gasteiger partial charge in [-0.1, -0.05) is 121 Å². The Morgan fingerprint density at radius 3 is 2.27 bits per heavy atom. The van der Waals surface area contributed by atoms with Crippen molar-refractivity contribution in [3.8, 4) is 0 Å². The number of allylic oxidation sites excluding steroid dienone is 4. The van der Waals surface area contributed by atoms with E-state index >= 15 is 0 Å². The first kappa shape index (κ1) is 29.5. The Morgan fingerprint density at radius 1 is 1.02 bits per heavy atom. The van der Waals surface area contributed by atoms with Crippen LogP contribution in [0.1, 0.15) is 29.7 Å². The van der Waals surface area contributed by atoms with E-state index in [4.69, 9.17) is 11.6 Å². The molecule has 0 aromatic heterocycles. The van der Waals surface area contributed by atoms with E-state index in [-0.39, 0.29) is 28.4 Å². The van der Waals surface area contributed by atoms with Gasteiger partial charge in [0.15, 0.2) is 5.17 Å². The topological polar surface area (TPSA) is 78.8 Å². The Bertz CT molecular complexity index is 1520. The third-order valence-electron chi connectivity index (χ3n) is 6.07. The Kier molecular flexibility index (Phi) is 10.3. The molecule has 3 aromatic rings. The van der Waals surface area contributed by atoms with Gasteiger partial charge in [-0.25, -0.2) is 0 Å². The molecule has 0 spiro atoms. The number of hydrogen-bond donors (Lipinski definition) is 1. The molecule has 4 rings (SSSR count). The molecular formula is C33H28ClN3O3S. The van der Waals surface area contributed by atoms with Crippen molar-refractivity contribution in [3.63, 3.8) is 0 Å². The molecule has 0 fully saturated rings. The van der Waals surface area contributed by atoms with Crippen LogP contribution in [-0.4, -0.2) is 33.5 Å². The van der Waals surface area contributed by atoms with Gasteiger partial charge in [0.2, 0.25) is 5.91 Å². The van der Waals surface area contributed by atoms with Crippen LogP contribution in [0.4, 0.5) is 0 Å². The molecule has 0 aliphatic carbocycles. The van der Waals surface area contributed by atoms with Crippen LogP contribution in [0.15, 0.2) is 132 Å². The summed E-state index contributed by atoms with van der Waals surface area (Å²) in [5, 5.41) is 3.67. The molecule has 3 aromatic carbocycles. The molecule has 1 heterocycles. The highest BCUT2D eigenvalue weighted by molar-refractivity contribution is 8.14. The lowest BCUT2D eigenvalue weighted by Gasteiger charge is -2.28. The normalized spacial score (nSPS) is 15.0. The number of hydrogen-bond acceptors (Lipinski definition) is 4. The van der Waals surface area contributed by atoms with Crippen molar-refractivity contribution < 1.29 is 14.4 Å². The maximum atomic E-state index is 13.7. The molecule has 206 valence electrons. The van der Waals surface area contributed by atoms with Crippen LogP contribution in [0.2, 0.25) is 5.02 Å². The number of amidine groups is 1. The minimum Gasteiger partial charge on any atom is -0.344 e. The summed E-state index contributed by atoms with van der Waals surface area (Å²) in [6.07, 6.45) is 8.14. The average molecular weight is 582 g/mol. The summed E-state index contributed by atoms with van der Waals surface area (Å²) in [5.41, 5.74) is 2.83. The molecule has 0 radical (unpaired) electrons. The molecule has 3 amide bonds. The highest BCUT2D eigenvalue weighted by atomic mass is 35.5. The largest absolute Gasteiger partial charge is 0.344 e. The lowest BCUT2D eigenvalue weighted by molar-refractivity contribution is -0.126. The first-order valence-electron chi connectivity index (χ1n) is 12.8. The Labute approximate surface area is 248 Å². The highest BCUT2D eigenvalue weighted by Crippen LogP contribution is 2.27.